The molecule has 9 nitrogen and oxygen atoms in total. The van der Waals surface area contributed by atoms with Gasteiger partial charge in [-0.25, -0.2) is 8.42 Å². The Kier molecular flexibility index (Phi) is 5.76. The largest absolute Gasteiger partial charge is 0.444 e. The van der Waals surface area contributed by atoms with Crippen LogP contribution in [-0.2, 0) is 14.8 Å². The van der Waals surface area contributed by atoms with E-state index in [1.807, 2.05) is 6.92 Å². The standard InChI is InChI=1S/C19H19BrN4O5S/c1-12-4-6-14(7-5-12)30(26,27)24-10-2-3-13(11-24)17(25)21-19-23-22-18(29-19)15-8-9-16(20)28-15/h4-9,13H,2-3,10-11H2,1H3,(H,21,23,25). The molecule has 3 heterocycles. The van der Waals surface area contributed by atoms with E-state index >= 15 is 0 Å². The summed E-state index contributed by atoms with van der Waals surface area (Å²) in [4.78, 5) is 12.9. The fourth-order valence-electron chi connectivity index (χ4n) is 3.24. The molecule has 1 atom stereocenters. The van der Waals surface area contributed by atoms with Gasteiger partial charge >= 0.3 is 6.01 Å². The number of nitrogens with zero attached hydrogens (tertiary/aromatic N) is 3. The molecular formula is C19H19BrN4O5S. The quantitative estimate of drug-likeness (QED) is 0.576. The van der Waals surface area contributed by atoms with Crippen molar-refractivity contribution in [3.63, 3.8) is 0 Å². The maximum Gasteiger partial charge on any atom is 0.322 e. The Morgan fingerprint density at radius 2 is 1.93 bits per heavy atom. The van der Waals surface area contributed by atoms with Crippen LogP contribution in [0.3, 0.4) is 0 Å². The molecule has 1 fully saturated rings. The highest BCUT2D eigenvalue weighted by Crippen LogP contribution is 2.27. The molecule has 1 amide bonds. The zero-order valence-corrected chi connectivity index (χ0v) is 18.4. The molecule has 1 aromatic carbocycles. The first kappa shape index (κ1) is 20.8. The number of nitrogens with one attached hydrogen (secondary N) is 1. The molecule has 0 aliphatic carbocycles. The van der Waals surface area contributed by atoms with Crippen LogP contribution in [0.5, 0.6) is 0 Å². The van der Waals surface area contributed by atoms with E-state index in [0.29, 0.717) is 29.8 Å². The molecule has 2 aromatic heterocycles. The SMILES string of the molecule is Cc1ccc(S(=O)(=O)N2CCCC(C(=O)Nc3nnc(-c4ccc(Br)o4)o3)C2)cc1. The number of carbonyl (C=O) groups excluding carboxylic acids is 1. The molecule has 0 radical (unpaired) electrons. The van der Waals surface area contributed by atoms with E-state index in [4.69, 9.17) is 8.83 Å². The number of furan rings is 1. The molecule has 11 heteroatoms. The van der Waals surface area contributed by atoms with Crippen molar-refractivity contribution in [1.82, 2.24) is 14.5 Å². The Balaban J connectivity index is 1.44. The number of hydrogen-bond acceptors (Lipinski definition) is 7. The van der Waals surface area contributed by atoms with Crippen molar-refractivity contribution in [2.75, 3.05) is 18.4 Å². The lowest BCUT2D eigenvalue weighted by Gasteiger charge is -2.30. The summed E-state index contributed by atoms with van der Waals surface area (Å²) in [6, 6.07) is 9.95. The fourth-order valence-corrected chi connectivity index (χ4v) is 5.07. The van der Waals surface area contributed by atoms with Crippen LogP contribution in [0.1, 0.15) is 18.4 Å². The average molecular weight is 495 g/mol. The van der Waals surface area contributed by atoms with Crippen molar-refractivity contribution < 1.29 is 22.0 Å². The lowest BCUT2D eigenvalue weighted by Crippen LogP contribution is -2.43. The van der Waals surface area contributed by atoms with Gasteiger partial charge in [-0.15, -0.1) is 5.10 Å². The topological polar surface area (TPSA) is 119 Å². The third-order valence-electron chi connectivity index (χ3n) is 4.85. The van der Waals surface area contributed by atoms with E-state index in [-0.39, 0.29) is 29.3 Å². The van der Waals surface area contributed by atoms with Crippen molar-refractivity contribution >= 4 is 37.9 Å². The lowest BCUT2D eigenvalue weighted by molar-refractivity contribution is -0.121. The Morgan fingerprint density at radius 1 is 1.17 bits per heavy atom. The minimum Gasteiger partial charge on any atom is -0.444 e. The van der Waals surface area contributed by atoms with Crippen LogP contribution < -0.4 is 5.32 Å². The maximum atomic E-state index is 12.9. The van der Waals surface area contributed by atoms with E-state index < -0.39 is 15.9 Å². The highest BCUT2D eigenvalue weighted by atomic mass is 79.9. The first-order valence-corrected chi connectivity index (χ1v) is 11.5. The number of rotatable bonds is 5. The highest BCUT2D eigenvalue weighted by Gasteiger charge is 2.33. The second-order valence-corrected chi connectivity index (χ2v) is 9.74. The highest BCUT2D eigenvalue weighted by molar-refractivity contribution is 9.10. The van der Waals surface area contributed by atoms with E-state index in [1.165, 1.54) is 4.31 Å². The second kappa shape index (κ2) is 8.32. The summed E-state index contributed by atoms with van der Waals surface area (Å²) >= 11 is 3.19. The normalized spacial score (nSPS) is 17.7. The lowest BCUT2D eigenvalue weighted by atomic mass is 9.99. The molecule has 4 rings (SSSR count). The van der Waals surface area contributed by atoms with Crippen LogP contribution in [0.4, 0.5) is 6.01 Å². The molecule has 1 aliphatic heterocycles. The molecule has 1 aliphatic rings. The fraction of sp³-hybridized carbons (Fsp3) is 0.316. The molecule has 1 N–H and O–H groups in total. The zero-order chi connectivity index (χ0) is 21.3. The maximum absolute atomic E-state index is 12.9. The Labute approximate surface area is 181 Å². The Bertz CT molecular complexity index is 1160. The molecule has 1 unspecified atom stereocenters. The summed E-state index contributed by atoms with van der Waals surface area (Å²) in [6.07, 6.45) is 1.15. The van der Waals surface area contributed by atoms with Crippen molar-refractivity contribution in [3.8, 4) is 11.7 Å². The average Bonchev–Trinajstić information content (AvgIpc) is 3.37. The van der Waals surface area contributed by atoms with E-state index in [2.05, 4.69) is 31.4 Å². The predicted molar refractivity (Wildman–Crippen MR) is 111 cm³/mol. The van der Waals surface area contributed by atoms with Crippen LogP contribution in [0.15, 0.2) is 54.8 Å². The number of carbonyl (C=O) groups is 1. The van der Waals surface area contributed by atoms with Gasteiger partial charge in [0.05, 0.1) is 10.8 Å². The minimum atomic E-state index is -3.66. The van der Waals surface area contributed by atoms with Crippen LogP contribution in [-0.4, -0.2) is 41.9 Å². The van der Waals surface area contributed by atoms with Crippen molar-refractivity contribution in [1.29, 1.82) is 0 Å². The molecule has 3 aromatic rings. The molecule has 0 saturated carbocycles. The molecular weight excluding hydrogens is 476 g/mol. The summed E-state index contributed by atoms with van der Waals surface area (Å²) in [5.74, 6) is -0.396. The number of anilines is 1. The number of piperidine rings is 1. The van der Waals surface area contributed by atoms with E-state index in [9.17, 15) is 13.2 Å². The van der Waals surface area contributed by atoms with Gasteiger partial charge in [-0.05, 0) is 60.0 Å². The van der Waals surface area contributed by atoms with Gasteiger partial charge in [-0.2, -0.15) is 4.31 Å². The molecule has 1 saturated heterocycles. The van der Waals surface area contributed by atoms with Gasteiger partial charge in [0, 0.05) is 13.1 Å². The van der Waals surface area contributed by atoms with Crippen LogP contribution >= 0.6 is 15.9 Å². The second-order valence-electron chi connectivity index (χ2n) is 7.02. The van der Waals surface area contributed by atoms with Gasteiger partial charge in [-0.1, -0.05) is 22.8 Å². The smallest absolute Gasteiger partial charge is 0.322 e. The first-order valence-electron chi connectivity index (χ1n) is 9.30. The number of aromatic nitrogens is 2. The van der Waals surface area contributed by atoms with Gasteiger partial charge < -0.3 is 8.83 Å². The summed E-state index contributed by atoms with van der Waals surface area (Å²) in [7, 11) is -3.66. The number of aryl methyl sites for hydroxylation is 1. The van der Waals surface area contributed by atoms with Crippen molar-refractivity contribution in [3.05, 3.63) is 46.6 Å². The van der Waals surface area contributed by atoms with Gasteiger partial charge in [0.2, 0.25) is 15.9 Å². The van der Waals surface area contributed by atoms with Crippen LogP contribution in [0, 0.1) is 12.8 Å². The van der Waals surface area contributed by atoms with Crippen molar-refractivity contribution in [2.24, 2.45) is 5.92 Å². The summed E-state index contributed by atoms with van der Waals surface area (Å²) in [5.41, 5.74) is 0.977. The number of benzene rings is 1. The minimum absolute atomic E-state index is 0.0685. The summed E-state index contributed by atoms with van der Waals surface area (Å²) < 4.78 is 38.5. The molecule has 30 heavy (non-hydrogen) atoms. The van der Waals surface area contributed by atoms with Crippen LogP contribution in [0.2, 0.25) is 0 Å². The van der Waals surface area contributed by atoms with E-state index in [0.717, 1.165) is 5.56 Å². The monoisotopic (exact) mass is 494 g/mol. The van der Waals surface area contributed by atoms with Crippen molar-refractivity contribution in [2.45, 2.75) is 24.7 Å². The number of sulfonamides is 1. The number of amides is 1. The third-order valence-corrected chi connectivity index (χ3v) is 7.16. The first-order chi connectivity index (χ1) is 14.3. The third kappa shape index (κ3) is 4.32. The Morgan fingerprint density at radius 3 is 2.63 bits per heavy atom. The Hall–Kier alpha value is -2.50. The van der Waals surface area contributed by atoms with Gasteiger partial charge in [0.1, 0.15) is 0 Å². The summed E-state index contributed by atoms with van der Waals surface area (Å²) in [5, 5.41) is 10.2. The molecule has 158 valence electrons. The van der Waals surface area contributed by atoms with Crippen LogP contribution in [0.25, 0.3) is 11.7 Å². The van der Waals surface area contributed by atoms with Gasteiger partial charge in [-0.3, -0.25) is 10.1 Å². The predicted octanol–water partition coefficient (Wildman–Crippen LogP) is 3.44. The molecule has 0 bridgehead atoms. The molecule has 0 spiro atoms. The number of halogens is 1. The summed E-state index contributed by atoms with van der Waals surface area (Å²) in [6.45, 7) is 2.36. The van der Waals surface area contributed by atoms with Gasteiger partial charge in [0.25, 0.3) is 5.89 Å². The van der Waals surface area contributed by atoms with Gasteiger partial charge in [0.15, 0.2) is 10.4 Å². The zero-order valence-electron chi connectivity index (χ0n) is 16.0. The van der Waals surface area contributed by atoms with E-state index in [1.54, 1.807) is 36.4 Å². The number of hydrogen-bond donors (Lipinski definition) is 1.